The van der Waals surface area contributed by atoms with Crippen molar-refractivity contribution in [2.75, 3.05) is 38.0 Å². The van der Waals surface area contributed by atoms with Gasteiger partial charge in [-0.25, -0.2) is 0 Å². The van der Waals surface area contributed by atoms with E-state index in [0.29, 0.717) is 22.6 Å². The molecule has 0 heterocycles. The molecule has 6 nitrogen and oxygen atoms in total. The summed E-state index contributed by atoms with van der Waals surface area (Å²) in [4.78, 5) is 25.7. The van der Waals surface area contributed by atoms with Gasteiger partial charge in [-0.1, -0.05) is 0 Å². The average molecular weight is 339 g/mol. The van der Waals surface area contributed by atoms with Crippen LogP contribution in [0, 0.1) is 0 Å². The zero-order chi connectivity index (χ0) is 18.4. The van der Waals surface area contributed by atoms with Gasteiger partial charge in [-0.15, -0.1) is 0 Å². The summed E-state index contributed by atoms with van der Waals surface area (Å²) in [6.07, 6.45) is 1.51. The summed E-state index contributed by atoms with van der Waals surface area (Å²) in [6.45, 7) is 0. The van der Waals surface area contributed by atoms with Gasteiger partial charge in [0.2, 0.25) is 0 Å². The molecule has 0 unspecified atom stereocenters. The van der Waals surface area contributed by atoms with Gasteiger partial charge in [-0.2, -0.15) is 0 Å². The number of carbonyl (C=O) groups is 2. The lowest BCUT2D eigenvalue weighted by molar-refractivity contribution is 0.111. The van der Waals surface area contributed by atoms with E-state index in [1.165, 1.54) is 7.69 Å². The van der Waals surface area contributed by atoms with Crippen molar-refractivity contribution in [3.63, 3.8) is 0 Å². The molecule has 2 rings (SSSR count). The van der Waals surface area contributed by atoms with Gasteiger partial charge in [-0.05, 0) is 36.4 Å². The number of hydrogen-bond donors (Lipinski definition) is 0. The van der Waals surface area contributed by atoms with Crippen molar-refractivity contribution in [1.29, 1.82) is 0 Å². The first-order valence-electron chi connectivity index (χ1n) is 7.64. The van der Waals surface area contributed by atoms with Crippen molar-refractivity contribution < 1.29 is 18.9 Å². The van der Waals surface area contributed by atoms with Gasteiger partial charge in [0, 0.05) is 39.3 Å². The molecule has 0 spiro atoms. The molecule has 0 bridgehead atoms. The van der Waals surface area contributed by atoms with Crippen LogP contribution >= 0.6 is 0 Å². The Bertz CT molecular complexity index is 699. The van der Waals surface area contributed by atoms with E-state index in [1.54, 1.807) is 36.4 Å². The maximum atomic E-state index is 11.0. The molecule has 0 saturated carbocycles. The van der Waals surface area contributed by atoms with Crippen molar-refractivity contribution in [2.24, 2.45) is 0 Å². The highest BCUT2D eigenvalue weighted by Gasteiger charge is 2.13. The van der Waals surface area contributed by atoms with Crippen LogP contribution in [0.2, 0.25) is 0 Å². The van der Waals surface area contributed by atoms with Crippen LogP contribution in [0.4, 0.5) is 11.4 Å². The summed E-state index contributed by atoms with van der Waals surface area (Å²) >= 11 is 0. The Kier molecular flexibility index (Phi) is 6.06. The average Bonchev–Trinajstić information content (AvgIpc) is 2.60. The Morgan fingerprint density at radius 3 is 1.48 bits per heavy atom. The van der Waals surface area contributed by atoms with Crippen LogP contribution in [-0.4, -0.2) is 48.4 Å². The minimum Gasteiger partial charge on any atom is -0.525 e. The molecule has 0 aromatic heterocycles. The van der Waals surface area contributed by atoms with Crippen LogP contribution in [-0.2, 0) is 0 Å². The lowest BCUT2D eigenvalue weighted by atomic mass is 10.1. The molecular formula is C18H20BN2O4. The number of aldehydes is 2. The number of benzene rings is 2. The summed E-state index contributed by atoms with van der Waals surface area (Å²) in [5, 5.41) is 0. The van der Waals surface area contributed by atoms with Crippen molar-refractivity contribution >= 4 is 31.6 Å². The molecule has 0 atom stereocenters. The molecule has 0 saturated heterocycles. The van der Waals surface area contributed by atoms with Crippen LogP contribution in [0.25, 0.3) is 0 Å². The van der Waals surface area contributed by atoms with Crippen LogP contribution < -0.4 is 19.1 Å². The van der Waals surface area contributed by atoms with Crippen LogP contribution in [0.3, 0.4) is 0 Å². The third-order valence-corrected chi connectivity index (χ3v) is 3.55. The molecule has 0 aliphatic heterocycles. The van der Waals surface area contributed by atoms with Crippen molar-refractivity contribution in [1.82, 2.24) is 0 Å². The van der Waals surface area contributed by atoms with Crippen LogP contribution in [0.15, 0.2) is 36.4 Å². The number of hydrogen-bond acceptors (Lipinski definition) is 6. The fourth-order valence-electron chi connectivity index (χ4n) is 2.26. The Morgan fingerprint density at radius 1 is 0.760 bits per heavy atom. The Labute approximate surface area is 148 Å². The highest BCUT2D eigenvalue weighted by Crippen LogP contribution is 2.30. The molecule has 1 radical (unpaired) electrons. The van der Waals surface area contributed by atoms with Crippen LogP contribution in [0.1, 0.15) is 20.7 Å². The van der Waals surface area contributed by atoms with Crippen molar-refractivity contribution in [3.05, 3.63) is 47.5 Å². The standard InChI is InChI=1S/C18H20BN2O4/c1-20(2)15-7-5-13(11-22)9-17(15)24-19-25-18-10-14(12-23)6-8-16(18)21(3)4/h5-12H,1-4H3. The Morgan fingerprint density at radius 2 is 1.16 bits per heavy atom. The predicted octanol–water partition coefficient (Wildman–Crippen LogP) is 2.44. The molecule has 0 amide bonds. The van der Waals surface area contributed by atoms with Crippen molar-refractivity contribution in [3.8, 4) is 11.5 Å². The lowest BCUT2D eigenvalue weighted by Gasteiger charge is -2.20. The molecule has 2 aromatic rings. The highest BCUT2D eigenvalue weighted by molar-refractivity contribution is 6.21. The van der Waals surface area contributed by atoms with E-state index in [9.17, 15) is 9.59 Å². The van der Waals surface area contributed by atoms with E-state index in [4.69, 9.17) is 9.31 Å². The largest absolute Gasteiger partial charge is 0.658 e. The first kappa shape index (κ1) is 18.4. The molecule has 25 heavy (non-hydrogen) atoms. The number of anilines is 2. The second-order valence-electron chi connectivity index (χ2n) is 5.81. The van der Waals surface area contributed by atoms with Gasteiger partial charge in [0.25, 0.3) is 0 Å². The normalized spacial score (nSPS) is 9.92. The van der Waals surface area contributed by atoms with E-state index < -0.39 is 0 Å². The Balaban J connectivity index is 2.18. The zero-order valence-corrected chi connectivity index (χ0v) is 14.7. The summed E-state index contributed by atoms with van der Waals surface area (Å²) in [5.41, 5.74) is 2.62. The van der Waals surface area contributed by atoms with Gasteiger partial charge in [0.1, 0.15) is 24.1 Å². The third kappa shape index (κ3) is 4.53. The van der Waals surface area contributed by atoms with Gasteiger partial charge in [-0.3, -0.25) is 9.59 Å². The van der Waals surface area contributed by atoms with Gasteiger partial charge >= 0.3 is 7.69 Å². The molecule has 7 heteroatoms. The van der Waals surface area contributed by atoms with E-state index in [1.807, 2.05) is 38.0 Å². The molecular weight excluding hydrogens is 319 g/mol. The molecule has 0 N–H and O–H groups in total. The number of rotatable bonds is 8. The minimum absolute atomic E-state index is 0.493. The fourth-order valence-corrected chi connectivity index (χ4v) is 2.26. The Hall–Kier alpha value is -2.96. The maximum Gasteiger partial charge on any atom is 0.658 e. The smallest absolute Gasteiger partial charge is 0.525 e. The number of carbonyl (C=O) groups excluding carboxylic acids is 2. The third-order valence-electron chi connectivity index (χ3n) is 3.55. The SMILES string of the molecule is CN(C)c1ccc(C=O)cc1O[B]Oc1cc(C=O)ccc1N(C)C. The molecule has 0 aliphatic carbocycles. The zero-order valence-electron chi connectivity index (χ0n) is 14.7. The highest BCUT2D eigenvalue weighted by atomic mass is 16.6. The van der Waals surface area contributed by atoms with Gasteiger partial charge in [0.15, 0.2) is 0 Å². The predicted molar refractivity (Wildman–Crippen MR) is 99.3 cm³/mol. The van der Waals surface area contributed by atoms with Gasteiger partial charge in [0.05, 0.1) is 11.4 Å². The summed E-state index contributed by atoms with van der Waals surface area (Å²) in [7, 11) is 8.69. The quantitative estimate of drug-likeness (QED) is 0.544. The lowest BCUT2D eigenvalue weighted by Crippen LogP contribution is -2.17. The second-order valence-corrected chi connectivity index (χ2v) is 5.81. The molecule has 2 aromatic carbocycles. The van der Waals surface area contributed by atoms with E-state index in [-0.39, 0.29) is 0 Å². The first-order chi connectivity index (χ1) is 12.0. The monoisotopic (exact) mass is 339 g/mol. The fraction of sp³-hybridized carbons (Fsp3) is 0.222. The summed E-state index contributed by atoms with van der Waals surface area (Å²) < 4.78 is 11.2. The first-order valence-corrected chi connectivity index (χ1v) is 7.64. The molecule has 0 fully saturated rings. The molecule has 0 aliphatic rings. The summed E-state index contributed by atoms with van der Waals surface area (Å²) in [5.74, 6) is 0.986. The minimum atomic E-state index is 0.493. The second kappa shape index (κ2) is 8.23. The van der Waals surface area contributed by atoms with Crippen molar-refractivity contribution in [2.45, 2.75) is 0 Å². The van der Waals surface area contributed by atoms with E-state index in [0.717, 1.165) is 23.9 Å². The van der Waals surface area contributed by atoms with Crippen LogP contribution in [0.5, 0.6) is 11.5 Å². The van der Waals surface area contributed by atoms with Gasteiger partial charge < -0.3 is 19.1 Å². The number of nitrogens with zero attached hydrogens (tertiary/aromatic N) is 2. The topological polar surface area (TPSA) is 59.1 Å². The van der Waals surface area contributed by atoms with E-state index >= 15 is 0 Å². The summed E-state index contributed by atoms with van der Waals surface area (Å²) in [6, 6.07) is 10.3. The van der Waals surface area contributed by atoms with E-state index in [2.05, 4.69) is 0 Å². The maximum absolute atomic E-state index is 11.0. The molecule has 129 valence electrons.